The van der Waals surface area contributed by atoms with Gasteiger partial charge in [0.15, 0.2) is 0 Å². The number of rotatable bonds is 3. The van der Waals surface area contributed by atoms with E-state index < -0.39 is 0 Å². The summed E-state index contributed by atoms with van der Waals surface area (Å²) in [5, 5.41) is 0. The van der Waals surface area contributed by atoms with Crippen LogP contribution in [0.15, 0.2) is 24.3 Å². The molecule has 0 spiro atoms. The van der Waals surface area contributed by atoms with E-state index in [1.807, 2.05) is 0 Å². The molecular weight excluding hydrogens is 232 g/mol. The number of aryl methyl sites for hydroxylation is 1. The van der Waals surface area contributed by atoms with Gasteiger partial charge in [-0.15, -0.1) is 0 Å². The van der Waals surface area contributed by atoms with Crippen LogP contribution >= 0.6 is 0 Å². The molecule has 0 saturated carbocycles. The van der Waals surface area contributed by atoms with Crippen LogP contribution in [0.4, 0.5) is 0 Å². The summed E-state index contributed by atoms with van der Waals surface area (Å²) in [5.41, 5.74) is 2.85. The molecular formula is C17H26N2. The van der Waals surface area contributed by atoms with Crippen molar-refractivity contribution in [3.8, 4) is 0 Å². The predicted molar refractivity (Wildman–Crippen MR) is 80.3 cm³/mol. The second kappa shape index (κ2) is 6.06. The van der Waals surface area contributed by atoms with Crippen LogP contribution in [0.2, 0.25) is 0 Å². The molecule has 2 nitrogen and oxygen atoms in total. The second-order valence-corrected chi connectivity index (χ2v) is 6.26. The Hall–Kier alpha value is -0.860. The summed E-state index contributed by atoms with van der Waals surface area (Å²) in [4.78, 5) is 5.38. The molecule has 0 radical (unpaired) electrons. The molecule has 0 bridgehead atoms. The van der Waals surface area contributed by atoms with Crippen LogP contribution in [-0.4, -0.2) is 42.0 Å². The molecule has 0 aliphatic carbocycles. The first-order chi connectivity index (χ1) is 9.31. The van der Waals surface area contributed by atoms with E-state index in [-0.39, 0.29) is 0 Å². The molecule has 1 aromatic carbocycles. The topological polar surface area (TPSA) is 6.48 Å². The summed E-state index contributed by atoms with van der Waals surface area (Å²) in [6.07, 6.45) is 5.60. The molecule has 0 aromatic heterocycles. The molecule has 2 aliphatic rings. The molecule has 0 N–H and O–H groups in total. The quantitative estimate of drug-likeness (QED) is 0.822. The van der Waals surface area contributed by atoms with Gasteiger partial charge in [0.25, 0.3) is 0 Å². The molecule has 2 heterocycles. The smallest absolute Gasteiger partial charge is 0.0234 e. The zero-order chi connectivity index (χ0) is 13.1. The lowest BCUT2D eigenvalue weighted by Gasteiger charge is -2.37. The van der Waals surface area contributed by atoms with Gasteiger partial charge < -0.3 is 0 Å². The number of benzene rings is 1. The van der Waals surface area contributed by atoms with E-state index in [0.717, 1.165) is 12.6 Å². The Morgan fingerprint density at radius 2 is 1.95 bits per heavy atom. The summed E-state index contributed by atoms with van der Waals surface area (Å²) in [6, 6.07) is 9.80. The Bertz CT molecular complexity index is 409. The summed E-state index contributed by atoms with van der Waals surface area (Å²) >= 11 is 0. The van der Waals surface area contributed by atoms with Gasteiger partial charge in [-0.25, -0.2) is 0 Å². The maximum atomic E-state index is 2.72. The van der Waals surface area contributed by atoms with Crippen molar-refractivity contribution >= 4 is 0 Å². The van der Waals surface area contributed by atoms with Crippen molar-refractivity contribution in [2.45, 2.75) is 45.2 Å². The molecule has 19 heavy (non-hydrogen) atoms. The van der Waals surface area contributed by atoms with Crippen molar-refractivity contribution in [1.29, 1.82) is 0 Å². The molecule has 1 atom stereocenters. The SMILES string of the molecule is Cc1cccc(CN2CCCC(N3CCCC3)C2)c1. The molecule has 2 saturated heterocycles. The standard InChI is InChI=1S/C17H26N2/c1-15-6-4-7-16(12-15)13-18-9-5-8-17(14-18)19-10-2-3-11-19/h4,6-7,12,17H,2-3,5,8-11,13-14H2,1H3. The number of piperidine rings is 1. The highest BCUT2D eigenvalue weighted by atomic mass is 15.2. The fraction of sp³-hybridized carbons (Fsp3) is 0.647. The Balaban J connectivity index is 1.58. The fourth-order valence-electron chi connectivity index (χ4n) is 3.65. The van der Waals surface area contributed by atoms with E-state index >= 15 is 0 Å². The summed E-state index contributed by atoms with van der Waals surface area (Å²) in [6.45, 7) is 8.54. The minimum atomic E-state index is 0.820. The molecule has 1 unspecified atom stereocenters. The maximum Gasteiger partial charge on any atom is 0.0234 e. The largest absolute Gasteiger partial charge is 0.299 e. The maximum absolute atomic E-state index is 2.72. The molecule has 2 aliphatic heterocycles. The van der Waals surface area contributed by atoms with Crippen LogP contribution in [-0.2, 0) is 6.54 Å². The average Bonchev–Trinajstić information content (AvgIpc) is 2.93. The normalized spacial score (nSPS) is 25.8. The van der Waals surface area contributed by atoms with Crippen LogP contribution in [0, 0.1) is 6.92 Å². The van der Waals surface area contributed by atoms with Crippen LogP contribution in [0.1, 0.15) is 36.8 Å². The van der Waals surface area contributed by atoms with E-state index in [1.54, 1.807) is 0 Å². The summed E-state index contributed by atoms with van der Waals surface area (Å²) < 4.78 is 0. The van der Waals surface area contributed by atoms with E-state index in [2.05, 4.69) is 41.0 Å². The van der Waals surface area contributed by atoms with Gasteiger partial charge in [-0.3, -0.25) is 9.80 Å². The van der Waals surface area contributed by atoms with Crippen LogP contribution in [0.5, 0.6) is 0 Å². The molecule has 3 rings (SSSR count). The molecule has 2 heteroatoms. The third kappa shape index (κ3) is 3.37. The van der Waals surface area contributed by atoms with Crippen molar-refractivity contribution in [1.82, 2.24) is 9.80 Å². The van der Waals surface area contributed by atoms with Crippen molar-refractivity contribution < 1.29 is 0 Å². The van der Waals surface area contributed by atoms with Crippen LogP contribution < -0.4 is 0 Å². The summed E-state index contributed by atoms with van der Waals surface area (Å²) in [5.74, 6) is 0. The average molecular weight is 258 g/mol. The zero-order valence-corrected chi connectivity index (χ0v) is 12.1. The predicted octanol–water partition coefficient (Wildman–Crippen LogP) is 3.06. The van der Waals surface area contributed by atoms with E-state index in [1.165, 1.54) is 63.0 Å². The van der Waals surface area contributed by atoms with Crippen LogP contribution in [0.25, 0.3) is 0 Å². The molecule has 0 amide bonds. The highest BCUT2D eigenvalue weighted by molar-refractivity contribution is 5.22. The van der Waals surface area contributed by atoms with E-state index in [9.17, 15) is 0 Å². The van der Waals surface area contributed by atoms with Gasteiger partial charge >= 0.3 is 0 Å². The van der Waals surface area contributed by atoms with Gasteiger partial charge in [0.1, 0.15) is 0 Å². The summed E-state index contributed by atoms with van der Waals surface area (Å²) in [7, 11) is 0. The highest BCUT2D eigenvalue weighted by Crippen LogP contribution is 2.21. The Morgan fingerprint density at radius 3 is 2.74 bits per heavy atom. The third-order valence-electron chi connectivity index (χ3n) is 4.63. The van der Waals surface area contributed by atoms with E-state index in [0.29, 0.717) is 0 Å². The van der Waals surface area contributed by atoms with Crippen molar-refractivity contribution in [3.05, 3.63) is 35.4 Å². The van der Waals surface area contributed by atoms with Crippen molar-refractivity contribution in [3.63, 3.8) is 0 Å². The monoisotopic (exact) mass is 258 g/mol. The van der Waals surface area contributed by atoms with E-state index in [4.69, 9.17) is 0 Å². The van der Waals surface area contributed by atoms with Crippen molar-refractivity contribution in [2.75, 3.05) is 26.2 Å². The Morgan fingerprint density at radius 1 is 1.11 bits per heavy atom. The number of hydrogen-bond acceptors (Lipinski definition) is 2. The van der Waals surface area contributed by atoms with Gasteiger partial charge in [-0.05, 0) is 57.8 Å². The number of likely N-dealkylation sites (tertiary alicyclic amines) is 2. The van der Waals surface area contributed by atoms with Gasteiger partial charge in [0.2, 0.25) is 0 Å². The molecule has 104 valence electrons. The van der Waals surface area contributed by atoms with Crippen LogP contribution in [0.3, 0.4) is 0 Å². The Kier molecular flexibility index (Phi) is 4.19. The minimum absolute atomic E-state index is 0.820. The Labute approximate surface area is 117 Å². The van der Waals surface area contributed by atoms with Gasteiger partial charge in [-0.1, -0.05) is 29.8 Å². The lowest BCUT2D eigenvalue weighted by molar-refractivity contribution is 0.110. The third-order valence-corrected chi connectivity index (χ3v) is 4.63. The number of nitrogens with zero attached hydrogens (tertiary/aromatic N) is 2. The van der Waals surface area contributed by atoms with Crippen molar-refractivity contribution in [2.24, 2.45) is 0 Å². The fourth-order valence-corrected chi connectivity index (χ4v) is 3.65. The first-order valence-electron chi connectivity index (χ1n) is 7.83. The van der Waals surface area contributed by atoms with Gasteiger partial charge in [0.05, 0.1) is 0 Å². The first kappa shape index (κ1) is 13.1. The lowest BCUT2D eigenvalue weighted by atomic mass is 10.0. The second-order valence-electron chi connectivity index (χ2n) is 6.26. The first-order valence-corrected chi connectivity index (χ1v) is 7.83. The zero-order valence-electron chi connectivity index (χ0n) is 12.1. The van der Waals surface area contributed by atoms with Gasteiger partial charge in [0, 0.05) is 19.1 Å². The highest BCUT2D eigenvalue weighted by Gasteiger charge is 2.26. The minimum Gasteiger partial charge on any atom is -0.299 e. The molecule has 2 fully saturated rings. The van der Waals surface area contributed by atoms with Gasteiger partial charge in [-0.2, -0.15) is 0 Å². The number of hydrogen-bond donors (Lipinski definition) is 0. The lowest BCUT2D eigenvalue weighted by Crippen LogP contribution is -2.46. The molecule has 1 aromatic rings.